The molecule has 0 aliphatic heterocycles. The molecule has 2 atom stereocenters. The molecule has 2 N–H and O–H groups in total. The van der Waals surface area contributed by atoms with Crippen molar-refractivity contribution in [2.24, 2.45) is 5.11 Å². The van der Waals surface area contributed by atoms with Crippen LogP contribution in [0.4, 0.5) is 0 Å². The third kappa shape index (κ3) is 14.1. The van der Waals surface area contributed by atoms with Gasteiger partial charge in [-0.25, -0.2) is 0 Å². The zero-order chi connectivity index (χ0) is 18.0. The van der Waals surface area contributed by atoms with Crippen LogP contribution in [0, 0.1) is 0 Å². The molecule has 6 heteroatoms. The predicted molar refractivity (Wildman–Crippen MR) is 96.8 cm³/mol. The smallest absolute Gasteiger partial charge is 0.303 e. The number of unbranched alkanes of at least 4 members (excludes halogenated alkanes) is 7. The monoisotopic (exact) mass is 339 g/mol. The number of carboxylic acids is 1. The van der Waals surface area contributed by atoms with Gasteiger partial charge in [-0.15, -0.1) is 0 Å². The molecule has 0 aromatic heterocycles. The van der Waals surface area contributed by atoms with Crippen molar-refractivity contribution in [2.45, 2.75) is 96.1 Å². The number of hydrogen-bond donors (Lipinski definition) is 2. The molecule has 0 saturated heterocycles. The minimum atomic E-state index is -0.717. The van der Waals surface area contributed by atoms with Crippen LogP contribution in [0.15, 0.2) is 17.3 Å². The SMILES string of the molecule is CCCCCC(N=[N+]=[N-])C(O)CC=CCCCCCCCC(=O)O. The van der Waals surface area contributed by atoms with Crippen molar-refractivity contribution in [3.05, 3.63) is 22.6 Å². The first-order chi connectivity index (χ1) is 11.6. The molecule has 24 heavy (non-hydrogen) atoms. The second-order valence-corrected chi connectivity index (χ2v) is 6.24. The third-order valence-corrected chi connectivity index (χ3v) is 4.05. The normalized spacial score (nSPS) is 13.6. The second-order valence-electron chi connectivity index (χ2n) is 6.24. The average Bonchev–Trinajstić information content (AvgIpc) is 2.55. The number of allylic oxidation sites excluding steroid dienone is 1. The molecule has 138 valence electrons. The third-order valence-electron chi connectivity index (χ3n) is 4.05. The fraction of sp³-hybridized carbons (Fsp3) is 0.833. The van der Waals surface area contributed by atoms with Crippen molar-refractivity contribution in [1.82, 2.24) is 0 Å². The lowest BCUT2D eigenvalue weighted by Crippen LogP contribution is -2.23. The second kappa shape index (κ2) is 16.3. The molecule has 0 aliphatic carbocycles. The van der Waals surface area contributed by atoms with Crippen LogP contribution in [-0.4, -0.2) is 28.3 Å². The number of carboxylic acid groups (broad SMARTS) is 1. The first kappa shape index (κ1) is 22.5. The quantitative estimate of drug-likeness (QED) is 0.130. The number of nitrogens with zero attached hydrogens (tertiary/aromatic N) is 3. The highest BCUT2D eigenvalue weighted by Crippen LogP contribution is 2.14. The van der Waals surface area contributed by atoms with E-state index in [1.54, 1.807) is 0 Å². The molecule has 6 nitrogen and oxygen atoms in total. The highest BCUT2D eigenvalue weighted by Gasteiger charge is 2.15. The van der Waals surface area contributed by atoms with E-state index >= 15 is 0 Å². The summed E-state index contributed by atoms with van der Waals surface area (Å²) >= 11 is 0. The largest absolute Gasteiger partial charge is 0.481 e. The molecule has 0 bridgehead atoms. The van der Waals surface area contributed by atoms with Crippen LogP contribution in [0.3, 0.4) is 0 Å². The van der Waals surface area contributed by atoms with Crippen LogP contribution in [-0.2, 0) is 4.79 Å². The summed E-state index contributed by atoms with van der Waals surface area (Å²) in [5, 5.41) is 22.4. The van der Waals surface area contributed by atoms with Crippen LogP contribution < -0.4 is 0 Å². The van der Waals surface area contributed by atoms with E-state index in [4.69, 9.17) is 10.6 Å². The predicted octanol–water partition coefficient (Wildman–Crippen LogP) is 5.37. The van der Waals surface area contributed by atoms with E-state index in [2.05, 4.69) is 23.0 Å². The van der Waals surface area contributed by atoms with Crippen molar-refractivity contribution in [3.63, 3.8) is 0 Å². The molecule has 0 aromatic rings. The average molecular weight is 339 g/mol. The van der Waals surface area contributed by atoms with E-state index in [0.29, 0.717) is 6.42 Å². The lowest BCUT2D eigenvalue weighted by molar-refractivity contribution is -0.137. The number of azide groups is 1. The molecule has 0 heterocycles. The van der Waals surface area contributed by atoms with Crippen LogP contribution in [0.1, 0.15) is 84.0 Å². The maximum Gasteiger partial charge on any atom is 0.303 e. The fourth-order valence-electron chi connectivity index (χ4n) is 2.58. The van der Waals surface area contributed by atoms with Crippen molar-refractivity contribution in [1.29, 1.82) is 0 Å². The zero-order valence-corrected chi connectivity index (χ0v) is 14.9. The Morgan fingerprint density at radius 1 is 1.12 bits per heavy atom. The Hall–Kier alpha value is -1.52. The van der Waals surface area contributed by atoms with Crippen molar-refractivity contribution >= 4 is 5.97 Å². The van der Waals surface area contributed by atoms with Crippen LogP contribution in [0.2, 0.25) is 0 Å². The molecule has 0 spiro atoms. The summed E-state index contributed by atoms with van der Waals surface area (Å²) < 4.78 is 0. The van der Waals surface area contributed by atoms with Gasteiger partial charge in [0.2, 0.25) is 0 Å². The Bertz CT molecular complexity index is 393. The number of carbonyl (C=O) groups is 1. The number of rotatable bonds is 16. The molecule has 0 fully saturated rings. The maximum atomic E-state index is 10.4. The summed E-state index contributed by atoms with van der Waals surface area (Å²) in [4.78, 5) is 13.2. The summed E-state index contributed by atoms with van der Waals surface area (Å²) in [6.45, 7) is 2.12. The minimum absolute atomic E-state index is 0.266. The zero-order valence-electron chi connectivity index (χ0n) is 14.9. The van der Waals surface area contributed by atoms with Gasteiger partial charge in [0.25, 0.3) is 0 Å². The van der Waals surface area contributed by atoms with Crippen LogP contribution in [0.25, 0.3) is 10.4 Å². The van der Waals surface area contributed by atoms with Crippen molar-refractivity contribution in [2.75, 3.05) is 0 Å². The van der Waals surface area contributed by atoms with Gasteiger partial charge >= 0.3 is 5.97 Å². The van der Waals surface area contributed by atoms with E-state index in [9.17, 15) is 9.90 Å². The Morgan fingerprint density at radius 3 is 2.50 bits per heavy atom. The van der Waals surface area contributed by atoms with Gasteiger partial charge in [0.05, 0.1) is 12.1 Å². The summed E-state index contributed by atoms with van der Waals surface area (Å²) in [6, 6.07) is -0.333. The highest BCUT2D eigenvalue weighted by atomic mass is 16.4. The van der Waals surface area contributed by atoms with E-state index in [0.717, 1.165) is 64.2 Å². The van der Waals surface area contributed by atoms with Gasteiger partial charge in [-0.1, -0.05) is 62.7 Å². The Labute approximate surface area is 145 Å². The molecule has 0 radical (unpaired) electrons. The van der Waals surface area contributed by atoms with Crippen molar-refractivity contribution < 1.29 is 15.0 Å². The highest BCUT2D eigenvalue weighted by molar-refractivity contribution is 5.66. The van der Waals surface area contributed by atoms with E-state index in [-0.39, 0.29) is 12.5 Å². The van der Waals surface area contributed by atoms with Gasteiger partial charge in [0, 0.05) is 11.3 Å². The summed E-state index contributed by atoms with van der Waals surface area (Å²) in [6.07, 6.45) is 14.1. The molecule has 0 aliphatic rings. The Kier molecular flexibility index (Phi) is 15.3. The molecule has 0 rings (SSSR count). The number of aliphatic carboxylic acids is 1. The molecular weight excluding hydrogens is 306 g/mol. The van der Waals surface area contributed by atoms with Gasteiger partial charge in [-0.2, -0.15) is 0 Å². The first-order valence-corrected chi connectivity index (χ1v) is 9.20. The van der Waals surface area contributed by atoms with Gasteiger partial charge in [-0.3, -0.25) is 4.79 Å². The van der Waals surface area contributed by atoms with E-state index in [1.165, 1.54) is 0 Å². The van der Waals surface area contributed by atoms with E-state index < -0.39 is 12.1 Å². The minimum Gasteiger partial charge on any atom is -0.481 e. The van der Waals surface area contributed by atoms with Gasteiger partial charge in [-0.05, 0) is 37.6 Å². The Morgan fingerprint density at radius 2 is 1.83 bits per heavy atom. The van der Waals surface area contributed by atoms with Crippen LogP contribution >= 0.6 is 0 Å². The van der Waals surface area contributed by atoms with Gasteiger partial charge in [0.1, 0.15) is 0 Å². The Balaban J connectivity index is 3.75. The summed E-state index contributed by atoms with van der Waals surface area (Å²) in [7, 11) is 0. The molecule has 2 unspecified atom stereocenters. The lowest BCUT2D eigenvalue weighted by atomic mass is 10.0. The summed E-state index contributed by atoms with van der Waals surface area (Å²) in [5.41, 5.74) is 8.60. The standard InChI is InChI=1S/C18H33N3O3/c1-2-3-10-13-16(20-21-19)17(22)14-11-8-6-4-5-7-9-12-15-18(23)24/h8,11,16-17,22H,2-7,9-10,12-15H2,1H3,(H,23,24). The van der Waals surface area contributed by atoms with Gasteiger partial charge < -0.3 is 10.2 Å². The number of hydrogen-bond acceptors (Lipinski definition) is 3. The fourth-order valence-corrected chi connectivity index (χ4v) is 2.58. The van der Waals surface area contributed by atoms with Crippen molar-refractivity contribution in [3.8, 4) is 0 Å². The lowest BCUT2D eigenvalue weighted by Gasteiger charge is -2.16. The number of aliphatic hydroxyl groups excluding tert-OH is 1. The number of aliphatic hydroxyl groups is 1. The topological polar surface area (TPSA) is 106 Å². The van der Waals surface area contributed by atoms with E-state index in [1.807, 2.05) is 6.08 Å². The molecule has 0 saturated carbocycles. The molecule has 0 aromatic carbocycles. The first-order valence-electron chi connectivity index (χ1n) is 9.20. The van der Waals surface area contributed by atoms with Gasteiger partial charge in [0.15, 0.2) is 0 Å². The van der Waals surface area contributed by atoms with Crippen LogP contribution in [0.5, 0.6) is 0 Å². The molecule has 0 amide bonds. The maximum absolute atomic E-state index is 10.4. The summed E-state index contributed by atoms with van der Waals surface area (Å²) in [5.74, 6) is -0.717. The molecular formula is C18H33N3O3.